The van der Waals surface area contributed by atoms with E-state index in [0.29, 0.717) is 5.92 Å². The first-order chi connectivity index (χ1) is 12.1. The fraction of sp³-hybridized carbons (Fsp3) is 0.286. The van der Waals surface area contributed by atoms with Crippen LogP contribution in [0.5, 0.6) is 11.5 Å². The lowest BCUT2D eigenvalue weighted by Gasteiger charge is -2.46. The van der Waals surface area contributed by atoms with Gasteiger partial charge >= 0.3 is 5.97 Å². The molecule has 1 saturated carbocycles. The molecule has 1 fully saturated rings. The van der Waals surface area contributed by atoms with E-state index in [9.17, 15) is 4.79 Å². The van der Waals surface area contributed by atoms with Crippen molar-refractivity contribution in [3.63, 3.8) is 0 Å². The predicted molar refractivity (Wildman–Crippen MR) is 95.5 cm³/mol. The minimum Gasteiger partial charge on any atom is -0.466 e. The van der Waals surface area contributed by atoms with Crippen LogP contribution in [-0.2, 0) is 19.9 Å². The quantitative estimate of drug-likeness (QED) is 0.576. The van der Waals surface area contributed by atoms with E-state index < -0.39 is 0 Å². The van der Waals surface area contributed by atoms with Crippen LogP contribution in [-0.4, -0.2) is 20.2 Å². The first kappa shape index (κ1) is 17.2. The van der Waals surface area contributed by atoms with Crippen LogP contribution in [0.25, 0.3) is 0 Å². The smallest absolute Gasteiger partial charge is 0.330 e. The lowest BCUT2D eigenvalue weighted by Crippen LogP contribution is -2.42. The number of hydrogen-bond acceptors (Lipinski definition) is 4. The minimum atomic E-state index is -0.332. The molecule has 2 aromatic rings. The number of methoxy groups -OCH3 is 2. The Morgan fingerprint density at radius 1 is 1.04 bits per heavy atom. The fourth-order valence-corrected chi connectivity index (χ4v) is 3.19. The van der Waals surface area contributed by atoms with Crippen LogP contribution in [0.3, 0.4) is 0 Å². The van der Waals surface area contributed by atoms with Crippen molar-refractivity contribution in [1.29, 1.82) is 0 Å². The van der Waals surface area contributed by atoms with E-state index in [-0.39, 0.29) is 11.6 Å². The molecule has 0 amide bonds. The van der Waals surface area contributed by atoms with Gasteiger partial charge in [-0.1, -0.05) is 36.4 Å². The maximum absolute atomic E-state index is 11.2. The van der Waals surface area contributed by atoms with Gasteiger partial charge in [0.1, 0.15) is 11.5 Å². The van der Waals surface area contributed by atoms with Gasteiger partial charge in [0, 0.05) is 13.2 Å². The molecule has 1 aliphatic carbocycles. The predicted octanol–water partition coefficient (Wildman–Crippen LogP) is 4.46. The Bertz CT molecular complexity index is 746. The zero-order valence-corrected chi connectivity index (χ0v) is 14.5. The highest BCUT2D eigenvalue weighted by molar-refractivity contribution is 5.81. The Kier molecular flexibility index (Phi) is 5.19. The standard InChI is InChI=1S/C21H22O4/c1-23-20(22)12-11-16-14-21(15-16,24-2)17-7-6-10-19(13-17)25-18-8-4-3-5-9-18/h3-13,16H,14-15H2,1-2H3/b12-11+. The van der Waals surface area contributed by atoms with Crippen molar-refractivity contribution < 1.29 is 19.0 Å². The Balaban J connectivity index is 1.71. The average Bonchev–Trinajstić information content (AvgIpc) is 2.62. The number of carbonyl (C=O) groups excluding carboxylic acids is 1. The van der Waals surface area contributed by atoms with Crippen molar-refractivity contribution in [2.24, 2.45) is 5.92 Å². The van der Waals surface area contributed by atoms with E-state index in [1.807, 2.05) is 54.6 Å². The molecule has 0 aromatic heterocycles. The van der Waals surface area contributed by atoms with Crippen molar-refractivity contribution >= 4 is 5.97 Å². The summed E-state index contributed by atoms with van der Waals surface area (Å²) in [5, 5.41) is 0. The van der Waals surface area contributed by atoms with Crippen LogP contribution >= 0.6 is 0 Å². The van der Waals surface area contributed by atoms with E-state index >= 15 is 0 Å². The molecule has 25 heavy (non-hydrogen) atoms. The van der Waals surface area contributed by atoms with E-state index in [4.69, 9.17) is 9.47 Å². The molecule has 0 N–H and O–H groups in total. The molecule has 0 saturated heterocycles. The zero-order chi connectivity index (χ0) is 17.7. The normalized spacial score (nSPS) is 22.4. The second-order valence-electron chi connectivity index (χ2n) is 6.19. The highest BCUT2D eigenvalue weighted by Gasteiger charge is 2.45. The molecule has 0 radical (unpaired) electrons. The third kappa shape index (κ3) is 3.91. The minimum absolute atomic E-state index is 0.303. The fourth-order valence-electron chi connectivity index (χ4n) is 3.19. The van der Waals surface area contributed by atoms with Crippen molar-refractivity contribution in [3.8, 4) is 11.5 Å². The summed E-state index contributed by atoms with van der Waals surface area (Å²) in [4.78, 5) is 11.2. The molecule has 0 aliphatic heterocycles. The van der Waals surface area contributed by atoms with Crippen molar-refractivity contribution in [2.45, 2.75) is 18.4 Å². The van der Waals surface area contributed by atoms with Gasteiger partial charge in [0.05, 0.1) is 12.7 Å². The summed E-state index contributed by atoms with van der Waals surface area (Å²) in [5.41, 5.74) is 0.757. The number of carbonyl (C=O) groups is 1. The summed E-state index contributed by atoms with van der Waals surface area (Å²) in [6.07, 6.45) is 5.03. The third-order valence-corrected chi connectivity index (χ3v) is 4.62. The monoisotopic (exact) mass is 338 g/mol. The maximum atomic E-state index is 11.2. The number of ether oxygens (including phenoxy) is 3. The van der Waals surface area contributed by atoms with Gasteiger partial charge in [0.2, 0.25) is 0 Å². The Morgan fingerprint density at radius 2 is 1.76 bits per heavy atom. The molecule has 0 spiro atoms. The van der Waals surface area contributed by atoms with Gasteiger partial charge in [-0.05, 0) is 48.6 Å². The third-order valence-electron chi connectivity index (χ3n) is 4.62. The molecule has 4 nitrogen and oxygen atoms in total. The summed E-state index contributed by atoms with van der Waals surface area (Å²) in [6.45, 7) is 0. The average molecular weight is 338 g/mol. The number of esters is 1. The second kappa shape index (κ2) is 7.53. The maximum Gasteiger partial charge on any atom is 0.330 e. The van der Waals surface area contributed by atoms with Gasteiger partial charge in [-0.15, -0.1) is 0 Å². The van der Waals surface area contributed by atoms with Crippen molar-refractivity contribution in [3.05, 3.63) is 72.3 Å². The molecule has 0 heterocycles. The van der Waals surface area contributed by atoms with Gasteiger partial charge in [-0.3, -0.25) is 0 Å². The Hall–Kier alpha value is -2.59. The summed E-state index contributed by atoms with van der Waals surface area (Å²) >= 11 is 0. The number of allylic oxidation sites excluding steroid dienone is 1. The highest BCUT2D eigenvalue weighted by Crippen LogP contribution is 2.49. The number of hydrogen-bond donors (Lipinski definition) is 0. The lowest BCUT2D eigenvalue weighted by atomic mass is 9.67. The van der Waals surface area contributed by atoms with Crippen molar-refractivity contribution in [1.82, 2.24) is 0 Å². The Morgan fingerprint density at radius 3 is 2.44 bits per heavy atom. The summed E-state index contributed by atoms with van der Waals surface area (Å²) in [5.74, 6) is 1.57. The van der Waals surface area contributed by atoms with Crippen LogP contribution in [0.2, 0.25) is 0 Å². The van der Waals surface area contributed by atoms with E-state index in [1.165, 1.54) is 13.2 Å². The molecule has 1 aliphatic rings. The summed E-state index contributed by atoms with van der Waals surface area (Å²) in [7, 11) is 3.11. The summed E-state index contributed by atoms with van der Waals surface area (Å²) < 4.78 is 16.4. The van der Waals surface area contributed by atoms with Gasteiger partial charge in [0.15, 0.2) is 0 Å². The van der Waals surface area contributed by atoms with Gasteiger partial charge in [-0.2, -0.15) is 0 Å². The molecule has 0 unspecified atom stereocenters. The van der Waals surface area contributed by atoms with Gasteiger partial charge in [-0.25, -0.2) is 4.79 Å². The molecular weight excluding hydrogens is 316 g/mol. The second-order valence-corrected chi connectivity index (χ2v) is 6.19. The lowest BCUT2D eigenvalue weighted by molar-refractivity contribution is -0.135. The molecule has 3 rings (SSSR count). The van der Waals surface area contributed by atoms with Crippen molar-refractivity contribution in [2.75, 3.05) is 14.2 Å². The van der Waals surface area contributed by atoms with Crippen LogP contribution in [0.1, 0.15) is 18.4 Å². The summed E-state index contributed by atoms with van der Waals surface area (Å²) in [6, 6.07) is 17.7. The molecule has 130 valence electrons. The van der Waals surface area contributed by atoms with Crippen LogP contribution in [0, 0.1) is 5.92 Å². The zero-order valence-electron chi connectivity index (χ0n) is 14.5. The molecule has 4 heteroatoms. The number of benzene rings is 2. The van der Waals surface area contributed by atoms with Gasteiger partial charge < -0.3 is 14.2 Å². The largest absolute Gasteiger partial charge is 0.466 e. The number of para-hydroxylation sites is 1. The Labute approximate surface area is 148 Å². The highest BCUT2D eigenvalue weighted by atomic mass is 16.5. The molecule has 0 atom stereocenters. The van der Waals surface area contributed by atoms with E-state index in [2.05, 4.69) is 10.8 Å². The van der Waals surface area contributed by atoms with E-state index in [0.717, 1.165) is 29.9 Å². The molecule has 0 bridgehead atoms. The van der Waals surface area contributed by atoms with Crippen LogP contribution in [0.15, 0.2) is 66.7 Å². The van der Waals surface area contributed by atoms with Crippen LogP contribution < -0.4 is 4.74 Å². The first-order valence-corrected chi connectivity index (χ1v) is 8.30. The topological polar surface area (TPSA) is 44.8 Å². The van der Waals surface area contributed by atoms with Gasteiger partial charge in [0.25, 0.3) is 0 Å². The van der Waals surface area contributed by atoms with Crippen LogP contribution in [0.4, 0.5) is 0 Å². The first-order valence-electron chi connectivity index (χ1n) is 8.30. The molecular formula is C21H22O4. The SMILES string of the molecule is COC(=O)/C=C/C1CC(OC)(c2cccc(Oc3ccccc3)c2)C1. The number of rotatable bonds is 6. The molecule has 2 aromatic carbocycles. The van der Waals surface area contributed by atoms with E-state index in [1.54, 1.807) is 7.11 Å².